The molecular formula is C33H40ClN3O5S. The van der Waals surface area contributed by atoms with Crippen LogP contribution in [-0.2, 0) is 26.2 Å². The van der Waals surface area contributed by atoms with Gasteiger partial charge in [0.2, 0.25) is 11.8 Å². The fraction of sp³-hybridized carbons (Fsp3) is 0.394. The van der Waals surface area contributed by atoms with E-state index < -0.39 is 28.5 Å². The maximum Gasteiger partial charge on any atom is 0.264 e. The predicted molar refractivity (Wildman–Crippen MR) is 170 cm³/mol. The molecule has 1 N–H and O–H groups in total. The Labute approximate surface area is 260 Å². The second-order valence-corrected chi connectivity index (χ2v) is 13.2. The number of aryl methyl sites for hydroxylation is 1. The van der Waals surface area contributed by atoms with E-state index in [0.717, 1.165) is 47.5 Å². The molecule has 1 aliphatic rings. The first-order valence-electron chi connectivity index (χ1n) is 14.7. The third-order valence-electron chi connectivity index (χ3n) is 7.79. The maximum absolute atomic E-state index is 14.3. The van der Waals surface area contributed by atoms with Gasteiger partial charge in [0, 0.05) is 17.6 Å². The normalized spacial score (nSPS) is 14.5. The van der Waals surface area contributed by atoms with Crippen LogP contribution in [0.4, 0.5) is 5.69 Å². The molecule has 0 aromatic heterocycles. The van der Waals surface area contributed by atoms with Gasteiger partial charge in [-0.05, 0) is 85.8 Å². The number of ether oxygens (including phenoxy) is 1. The molecule has 230 valence electrons. The van der Waals surface area contributed by atoms with Gasteiger partial charge in [-0.3, -0.25) is 13.9 Å². The molecule has 0 unspecified atom stereocenters. The summed E-state index contributed by atoms with van der Waals surface area (Å²) >= 11 is 6.04. The van der Waals surface area contributed by atoms with Gasteiger partial charge in [0.25, 0.3) is 10.0 Å². The Hall–Kier alpha value is -3.56. The predicted octanol–water partition coefficient (Wildman–Crippen LogP) is 6.11. The monoisotopic (exact) mass is 625 g/mol. The highest BCUT2D eigenvalue weighted by Crippen LogP contribution is 2.27. The lowest BCUT2D eigenvalue weighted by atomic mass is 9.95. The lowest BCUT2D eigenvalue weighted by molar-refractivity contribution is -0.140. The molecule has 1 fully saturated rings. The third-order valence-corrected chi connectivity index (χ3v) is 9.83. The Kier molecular flexibility index (Phi) is 11.1. The van der Waals surface area contributed by atoms with Crippen LogP contribution >= 0.6 is 11.6 Å². The molecule has 3 aromatic rings. The number of sulfonamides is 1. The van der Waals surface area contributed by atoms with E-state index >= 15 is 0 Å². The van der Waals surface area contributed by atoms with Crippen molar-refractivity contribution in [3.8, 4) is 5.75 Å². The molecule has 1 saturated carbocycles. The zero-order valence-corrected chi connectivity index (χ0v) is 26.5. The number of rotatable bonds is 12. The first-order chi connectivity index (χ1) is 20.6. The SMILES string of the molecule is CC[C@@H](C(=O)NC1CCCCC1)N(Cc1cccc(OC)c1)C(=O)CN(c1cccc(C)c1)S(=O)(=O)c1ccc(Cl)cc1. The van der Waals surface area contributed by atoms with Gasteiger partial charge in [0.1, 0.15) is 18.3 Å². The first-order valence-corrected chi connectivity index (χ1v) is 16.5. The molecule has 0 bridgehead atoms. The number of benzene rings is 3. The molecule has 1 atom stereocenters. The van der Waals surface area contributed by atoms with Gasteiger partial charge >= 0.3 is 0 Å². The summed E-state index contributed by atoms with van der Waals surface area (Å²) in [4.78, 5) is 29.5. The van der Waals surface area contributed by atoms with Gasteiger partial charge in [-0.25, -0.2) is 8.42 Å². The van der Waals surface area contributed by atoms with E-state index in [0.29, 0.717) is 22.9 Å². The van der Waals surface area contributed by atoms with Crippen LogP contribution in [0.2, 0.25) is 5.02 Å². The molecule has 8 nitrogen and oxygen atoms in total. The summed E-state index contributed by atoms with van der Waals surface area (Å²) in [5.74, 6) is -0.0999. The fourth-order valence-corrected chi connectivity index (χ4v) is 7.01. The van der Waals surface area contributed by atoms with Crippen LogP contribution in [0.25, 0.3) is 0 Å². The average Bonchev–Trinajstić information content (AvgIpc) is 3.00. The van der Waals surface area contributed by atoms with Gasteiger partial charge in [-0.2, -0.15) is 0 Å². The quantitative estimate of drug-likeness (QED) is 0.262. The zero-order chi connectivity index (χ0) is 31.0. The first kappa shape index (κ1) is 32.4. The van der Waals surface area contributed by atoms with Crippen molar-refractivity contribution < 1.29 is 22.7 Å². The van der Waals surface area contributed by atoms with E-state index in [1.54, 1.807) is 31.4 Å². The number of methoxy groups -OCH3 is 1. The number of hydrogen-bond acceptors (Lipinski definition) is 5. The van der Waals surface area contributed by atoms with E-state index in [4.69, 9.17) is 16.3 Å². The highest BCUT2D eigenvalue weighted by molar-refractivity contribution is 7.92. The largest absolute Gasteiger partial charge is 0.497 e. The third kappa shape index (κ3) is 8.30. The van der Waals surface area contributed by atoms with Gasteiger partial charge in [-0.1, -0.05) is 62.1 Å². The summed E-state index contributed by atoms with van der Waals surface area (Å²) < 4.78 is 34.5. The molecule has 43 heavy (non-hydrogen) atoms. The summed E-state index contributed by atoms with van der Waals surface area (Å²) in [5, 5.41) is 3.56. The van der Waals surface area contributed by atoms with Crippen molar-refractivity contribution in [2.45, 2.75) is 75.9 Å². The van der Waals surface area contributed by atoms with Crippen molar-refractivity contribution in [1.29, 1.82) is 0 Å². The minimum absolute atomic E-state index is 0.00707. The highest BCUT2D eigenvalue weighted by atomic mass is 35.5. The molecule has 0 heterocycles. The standard InChI is InChI=1S/C33H40ClN3O5S/c1-4-31(33(39)35-27-12-6-5-7-13-27)36(22-25-11-9-15-29(21-25)42-3)32(38)23-37(28-14-8-10-24(2)20-28)43(40,41)30-18-16-26(34)17-19-30/h8-11,14-21,27,31H,4-7,12-13,22-23H2,1-3H3,(H,35,39)/t31-/m0/s1. The second kappa shape index (κ2) is 14.8. The Morgan fingerprint density at radius 3 is 2.35 bits per heavy atom. The summed E-state index contributed by atoms with van der Waals surface area (Å²) in [6.07, 6.45) is 5.45. The molecular weight excluding hydrogens is 586 g/mol. The number of anilines is 1. The lowest BCUT2D eigenvalue weighted by Crippen LogP contribution is -2.54. The van der Waals surface area contributed by atoms with Crippen molar-refractivity contribution in [2.75, 3.05) is 18.0 Å². The molecule has 3 aromatic carbocycles. The number of nitrogens with zero attached hydrogens (tertiary/aromatic N) is 2. The number of halogens is 1. The molecule has 0 spiro atoms. The van der Waals surface area contributed by atoms with Crippen molar-refractivity contribution in [2.24, 2.45) is 0 Å². The molecule has 0 radical (unpaired) electrons. The van der Waals surface area contributed by atoms with Crippen LogP contribution in [0.3, 0.4) is 0 Å². The Morgan fingerprint density at radius 2 is 1.70 bits per heavy atom. The van der Waals surface area contributed by atoms with Crippen molar-refractivity contribution >= 4 is 39.1 Å². The maximum atomic E-state index is 14.3. The average molecular weight is 626 g/mol. The van der Waals surface area contributed by atoms with Crippen molar-refractivity contribution in [3.63, 3.8) is 0 Å². The van der Waals surface area contributed by atoms with Gasteiger partial charge in [-0.15, -0.1) is 0 Å². The van der Waals surface area contributed by atoms with E-state index in [-0.39, 0.29) is 23.4 Å². The number of nitrogens with one attached hydrogen (secondary N) is 1. The van der Waals surface area contributed by atoms with E-state index in [9.17, 15) is 18.0 Å². The topological polar surface area (TPSA) is 96.0 Å². The smallest absolute Gasteiger partial charge is 0.264 e. The minimum atomic E-state index is -4.17. The summed E-state index contributed by atoms with van der Waals surface area (Å²) in [6, 6.07) is 19.4. The van der Waals surface area contributed by atoms with Crippen LogP contribution in [0.15, 0.2) is 77.7 Å². The van der Waals surface area contributed by atoms with Crippen LogP contribution in [-0.4, -0.2) is 50.9 Å². The summed E-state index contributed by atoms with van der Waals surface area (Å²) in [6.45, 7) is 3.33. The lowest BCUT2D eigenvalue weighted by Gasteiger charge is -2.34. The second-order valence-electron chi connectivity index (χ2n) is 10.9. The highest BCUT2D eigenvalue weighted by Gasteiger charge is 2.34. The van der Waals surface area contributed by atoms with Gasteiger partial charge < -0.3 is 15.0 Å². The summed E-state index contributed by atoms with van der Waals surface area (Å²) in [5.41, 5.74) is 1.96. The van der Waals surface area contributed by atoms with Gasteiger partial charge in [0.15, 0.2) is 0 Å². The van der Waals surface area contributed by atoms with E-state index in [1.807, 2.05) is 38.1 Å². The number of amides is 2. The van der Waals surface area contributed by atoms with Crippen LogP contribution in [0, 0.1) is 6.92 Å². The Morgan fingerprint density at radius 1 is 1.00 bits per heavy atom. The Balaban J connectivity index is 1.71. The van der Waals surface area contributed by atoms with Crippen molar-refractivity contribution in [1.82, 2.24) is 10.2 Å². The Bertz CT molecular complexity index is 1510. The molecule has 2 amide bonds. The van der Waals surface area contributed by atoms with E-state index in [1.165, 1.54) is 29.2 Å². The van der Waals surface area contributed by atoms with Crippen molar-refractivity contribution in [3.05, 3.63) is 88.9 Å². The minimum Gasteiger partial charge on any atom is -0.497 e. The fourth-order valence-electron chi connectivity index (χ4n) is 5.48. The van der Waals surface area contributed by atoms with E-state index in [2.05, 4.69) is 5.32 Å². The number of carbonyl (C=O) groups is 2. The molecule has 0 saturated heterocycles. The number of carbonyl (C=O) groups excluding carboxylic acids is 2. The molecule has 10 heteroatoms. The number of hydrogen-bond donors (Lipinski definition) is 1. The van der Waals surface area contributed by atoms with Gasteiger partial charge in [0.05, 0.1) is 17.7 Å². The van der Waals surface area contributed by atoms with Crippen LogP contribution in [0.1, 0.15) is 56.6 Å². The summed E-state index contributed by atoms with van der Waals surface area (Å²) in [7, 11) is -2.60. The molecule has 1 aliphatic carbocycles. The van der Waals surface area contributed by atoms with Crippen LogP contribution < -0.4 is 14.4 Å². The molecule has 4 rings (SSSR count). The zero-order valence-electron chi connectivity index (χ0n) is 25.0. The molecule has 0 aliphatic heterocycles. The van der Waals surface area contributed by atoms with Crippen LogP contribution in [0.5, 0.6) is 5.75 Å².